The smallest absolute Gasteiger partial charge is 0.265 e. The molecule has 0 saturated carbocycles. The van der Waals surface area contributed by atoms with Gasteiger partial charge < -0.3 is 9.47 Å². The number of nitrogen functional groups attached to an aromatic ring is 1. The Morgan fingerprint density at radius 1 is 1.57 bits per heavy atom. The van der Waals surface area contributed by atoms with Crippen LogP contribution in [-0.4, -0.2) is 24.7 Å². The van der Waals surface area contributed by atoms with Gasteiger partial charge in [-0.05, 0) is 44.9 Å². The van der Waals surface area contributed by atoms with E-state index in [4.69, 9.17) is 15.3 Å². The van der Waals surface area contributed by atoms with Crippen LogP contribution in [0.5, 0.6) is 5.75 Å². The lowest BCUT2D eigenvalue weighted by Crippen LogP contribution is -2.30. The molecule has 1 unspecified atom stereocenters. The lowest BCUT2D eigenvalue weighted by atomic mass is 9.99. The Hall–Kier alpha value is -1.66. The fraction of sp³-hybridized carbons (Fsp3) is 0.533. The molecule has 1 amide bonds. The second-order valence-electron chi connectivity index (χ2n) is 6.02. The molecular formula is C15H21FN2O3. The molecule has 1 atom stereocenters. The van der Waals surface area contributed by atoms with Crippen LogP contribution in [0.15, 0.2) is 12.1 Å². The third kappa shape index (κ3) is 3.71. The summed E-state index contributed by atoms with van der Waals surface area (Å²) in [6, 6.07) is 2.66. The largest absolute Gasteiger partial charge is 0.490 e. The van der Waals surface area contributed by atoms with E-state index >= 15 is 0 Å². The van der Waals surface area contributed by atoms with Crippen molar-refractivity contribution in [1.29, 1.82) is 0 Å². The molecular weight excluding hydrogens is 275 g/mol. The maximum atomic E-state index is 14.0. The Balaban J connectivity index is 2.04. The van der Waals surface area contributed by atoms with Crippen molar-refractivity contribution >= 4 is 5.91 Å². The number of halogens is 1. The Kier molecular flexibility index (Phi) is 4.49. The van der Waals surface area contributed by atoms with Gasteiger partial charge in [0.05, 0.1) is 18.8 Å². The van der Waals surface area contributed by atoms with Crippen molar-refractivity contribution in [3.05, 3.63) is 29.1 Å². The molecule has 3 N–H and O–H groups in total. The highest BCUT2D eigenvalue weighted by Gasteiger charge is 2.32. The Bertz CT molecular complexity index is 546. The normalized spacial score (nSPS) is 20.3. The number of carbonyl (C=O) groups excluding carboxylic acids is 1. The van der Waals surface area contributed by atoms with Crippen molar-refractivity contribution in [3.8, 4) is 5.75 Å². The molecule has 1 aromatic rings. The van der Waals surface area contributed by atoms with Gasteiger partial charge in [-0.3, -0.25) is 10.2 Å². The van der Waals surface area contributed by atoms with Gasteiger partial charge in [-0.1, -0.05) is 0 Å². The van der Waals surface area contributed by atoms with Crippen molar-refractivity contribution in [2.24, 2.45) is 11.8 Å². The zero-order valence-corrected chi connectivity index (χ0v) is 12.5. The average molecular weight is 296 g/mol. The van der Waals surface area contributed by atoms with Crippen molar-refractivity contribution < 1.29 is 18.7 Å². The number of hydrazine groups is 1. The molecule has 5 nitrogen and oxygen atoms in total. The Morgan fingerprint density at radius 2 is 2.29 bits per heavy atom. The zero-order valence-electron chi connectivity index (χ0n) is 12.5. The molecule has 0 aromatic heterocycles. The molecule has 1 aliphatic rings. The van der Waals surface area contributed by atoms with Gasteiger partial charge in [0, 0.05) is 11.5 Å². The number of amides is 1. The summed E-state index contributed by atoms with van der Waals surface area (Å²) >= 11 is 0. The predicted octanol–water partition coefficient (Wildman–Crippen LogP) is 1.93. The molecule has 2 rings (SSSR count). The number of nitrogens with two attached hydrogens (primary N) is 1. The summed E-state index contributed by atoms with van der Waals surface area (Å²) in [5.74, 6) is 4.35. The minimum atomic E-state index is -0.572. The fourth-order valence-electron chi connectivity index (χ4n) is 2.56. The summed E-state index contributed by atoms with van der Waals surface area (Å²) in [4.78, 5) is 11.5. The molecule has 1 aromatic carbocycles. The van der Waals surface area contributed by atoms with Crippen molar-refractivity contribution in [3.63, 3.8) is 0 Å². The van der Waals surface area contributed by atoms with Gasteiger partial charge in [0.25, 0.3) is 5.91 Å². The van der Waals surface area contributed by atoms with Crippen LogP contribution < -0.4 is 16.0 Å². The monoisotopic (exact) mass is 296 g/mol. The van der Waals surface area contributed by atoms with Gasteiger partial charge in [0.15, 0.2) is 11.6 Å². The predicted molar refractivity (Wildman–Crippen MR) is 76.4 cm³/mol. The quantitative estimate of drug-likeness (QED) is 0.506. The van der Waals surface area contributed by atoms with E-state index in [1.165, 1.54) is 6.07 Å². The van der Waals surface area contributed by atoms with Gasteiger partial charge in [-0.25, -0.2) is 10.2 Å². The summed E-state index contributed by atoms with van der Waals surface area (Å²) < 4.78 is 25.1. The van der Waals surface area contributed by atoms with E-state index in [0.29, 0.717) is 18.8 Å². The van der Waals surface area contributed by atoms with Crippen LogP contribution >= 0.6 is 0 Å². The van der Waals surface area contributed by atoms with Crippen molar-refractivity contribution in [1.82, 2.24) is 5.43 Å². The van der Waals surface area contributed by atoms with Gasteiger partial charge in [0.1, 0.15) is 0 Å². The minimum Gasteiger partial charge on any atom is -0.490 e. The summed E-state index contributed by atoms with van der Waals surface area (Å²) in [5, 5.41) is 0. The number of ether oxygens (including phenoxy) is 2. The van der Waals surface area contributed by atoms with Crippen molar-refractivity contribution in [2.45, 2.75) is 32.8 Å². The van der Waals surface area contributed by atoms with Crippen LogP contribution in [0.4, 0.5) is 4.39 Å². The zero-order chi connectivity index (χ0) is 15.6. The van der Waals surface area contributed by atoms with E-state index in [-0.39, 0.29) is 22.8 Å². The van der Waals surface area contributed by atoms with E-state index in [9.17, 15) is 9.18 Å². The number of hydrogen-bond donors (Lipinski definition) is 2. The highest BCUT2D eigenvalue weighted by atomic mass is 19.1. The van der Waals surface area contributed by atoms with Crippen molar-refractivity contribution in [2.75, 3.05) is 13.2 Å². The average Bonchev–Trinajstić information content (AvgIpc) is 2.78. The van der Waals surface area contributed by atoms with E-state index in [0.717, 1.165) is 12.5 Å². The molecule has 116 valence electrons. The minimum absolute atomic E-state index is 0.144. The summed E-state index contributed by atoms with van der Waals surface area (Å²) in [6.07, 6.45) is 0.876. The first kappa shape index (κ1) is 15.7. The third-order valence-corrected chi connectivity index (χ3v) is 3.62. The summed E-state index contributed by atoms with van der Waals surface area (Å²) in [5.41, 5.74) is 2.65. The molecule has 0 radical (unpaired) electrons. The fourth-order valence-corrected chi connectivity index (χ4v) is 2.56. The molecule has 0 bridgehead atoms. The molecule has 1 saturated heterocycles. The van der Waals surface area contributed by atoms with E-state index in [1.807, 2.05) is 19.3 Å². The van der Waals surface area contributed by atoms with Crippen LogP contribution in [0.1, 0.15) is 36.2 Å². The lowest BCUT2D eigenvalue weighted by molar-refractivity contribution is 0.0340. The number of rotatable bonds is 4. The number of benzene rings is 1. The number of hydrogen-bond acceptors (Lipinski definition) is 4. The first-order valence-electron chi connectivity index (χ1n) is 6.90. The highest BCUT2D eigenvalue weighted by molar-refractivity contribution is 5.95. The number of aryl methyl sites for hydroxylation is 1. The van der Waals surface area contributed by atoms with Gasteiger partial charge in [-0.2, -0.15) is 0 Å². The van der Waals surface area contributed by atoms with Crippen LogP contribution in [0.25, 0.3) is 0 Å². The van der Waals surface area contributed by atoms with Crippen LogP contribution in [0.2, 0.25) is 0 Å². The van der Waals surface area contributed by atoms with Gasteiger partial charge in [0.2, 0.25) is 0 Å². The second kappa shape index (κ2) is 5.99. The molecule has 0 aliphatic carbocycles. The standard InChI is InChI=1S/C15H21FN2O3/c1-9-4-13(12(16)5-11(9)14(19)18-17)20-7-10-6-15(2,3)21-8-10/h4-5,10H,6-8,17H2,1-3H3,(H,18,19). The number of nitrogens with one attached hydrogen (secondary N) is 1. The summed E-state index contributed by atoms with van der Waals surface area (Å²) in [6.45, 7) is 6.76. The lowest BCUT2D eigenvalue weighted by Gasteiger charge is -2.16. The van der Waals surface area contributed by atoms with E-state index in [2.05, 4.69) is 0 Å². The SMILES string of the molecule is Cc1cc(OCC2COC(C)(C)C2)c(F)cc1C(=O)NN. The molecule has 1 fully saturated rings. The highest BCUT2D eigenvalue weighted by Crippen LogP contribution is 2.30. The first-order valence-corrected chi connectivity index (χ1v) is 6.90. The third-order valence-electron chi connectivity index (χ3n) is 3.62. The molecule has 0 spiro atoms. The van der Waals surface area contributed by atoms with Crippen LogP contribution in [0.3, 0.4) is 0 Å². The second-order valence-corrected chi connectivity index (χ2v) is 6.02. The van der Waals surface area contributed by atoms with Gasteiger partial charge >= 0.3 is 0 Å². The Labute approximate surface area is 123 Å². The molecule has 21 heavy (non-hydrogen) atoms. The maximum Gasteiger partial charge on any atom is 0.265 e. The van der Waals surface area contributed by atoms with Crippen LogP contribution in [0, 0.1) is 18.7 Å². The van der Waals surface area contributed by atoms with Gasteiger partial charge in [-0.15, -0.1) is 0 Å². The maximum absolute atomic E-state index is 14.0. The topological polar surface area (TPSA) is 73.6 Å². The first-order chi connectivity index (χ1) is 9.82. The Morgan fingerprint density at radius 3 is 2.86 bits per heavy atom. The molecule has 1 heterocycles. The van der Waals surface area contributed by atoms with Crippen LogP contribution in [-0.2, 0) is 4.74 Å². The van der Waals surface area contributed by atoms with E-state index in [1.54, 1.807) is 6.92 Å². The van der Waals surface area contributed by atoms with E-state index < -0.39 is 11.7 Å². The number of carbonyl (C=O) groups is 1. The molecule has 1 aliphatic heterocycles. The molecule has 6 heteroatoms. The summed E-state index contributed by atoms with van der Waals surface area (Å²) in [7, 11) is 0.